The van der Waals surface area contributed by atoms with Crippen molar-refractivity contribution >= 4 is 70.9 Å². The highest BCUT2D eigenvalue weighted by Gasteiger charge is 2.28. The maximum absolute atomic E-state index is 14.0. The van der Waals surface area contributed by atoms with E-state index in [1.165, 1.54) is 27.7 Å². The van der Waals surface area contributed by atoms with E-state index in [0.717, 1.165) is 103 Å². The number of hydrogen-bond donors (Lipinski definition) is 0. The summed E-state index contributed by atoms with van der Waals surface area (Å²) in [6.07, 6.45) is 16.1. The molecule has 0 unspecified atom stereocenters. The minimum atomic E-state index is -0.887. The Morgan fingerprint density at radius 1 is 0.259 bits per heavy atom. The molecule has 0 N–H and O–H groups in total. The Labute approximate surface area is 683 Å². The van der Waals surface area contributed by atoms with E-state index >= 15 is 0 Å². The van der Waals surface area contributed by atoms with Crippen LogP contribution in [0.5, 0.6) is 23.0 Å². The van der Waals surface area contributed by atoms with Crippen LogP contribution in [0.1, 0.15) is 276 Å². The largest absolute Gasteiger partial charge is 0.493 e. The summed E-state index contributed by atoms with van der Waals surface area (Å²) in [6, 6.07) is 15.0. The fourth-order valence-corrected chi connectivity index (χ4v) is 12.7. The lowest BCUT2D eigenvalue weighted by Crippen LogP contribution is -2.17. The molecule has 1 aliphatic carbocycles. The summed E-state index contributed by atoms with van der Waals surface area (Å²) in [5.41, 5.74) is 5.91. The molecule has 24 heteroatoms. The first kappa shape index (κ1) is 96.1. The molecule has 0 saturated heterocycles. The van der Waals surface area contributed by atoms with Crippen LogP contribution in [0.4, 0.5) is 0 Å². The molecule has 5 rings (SSSR count). The van der Waals surface area contributed by atoms with E-state index in [0.29, 0.717) is 115 Å². The summed E-state index contributed by atoms with van der Waals surface area (Å²) < 4.78 is 73.6. The van der Waals surface area contributed by atoms with E-state index in [9.17, 15) is 57.5 Å². The third-order valence-corrected chi connectivity index (χ3v) is 18.5. The minimum absolute atomic E-state index is 0.0458. The average Bonchev–Trinajstić information content (AvgIpc) is 0.773. The molecule has 0 heterocycles. The molecule has 0 spiro atoms. The Kier molecular flexibility index (Phi) is 43.8. The number of ketones is 4. The molecular weight excluding hydrogens is 1490 g/mol. The summed E-state index contributed by atoms with van der Waals surface area (Å²) in [5, 5.41) is 0. The van der Waals surface area contributed by atoms with Crippen LogP contribution in [0.2, 0.25) is 0 Å². The molecule has 4 aromatic carbocycles. The van der Waals surface area contributed by atoms with Crippen LogP contribution in [-0.2, 0) is 148 Å². The van der Waals surface area contributed by atoms with Gasteiger partial charge in [-0.15, -0.1) is 0 Å². The lowest BCUT2D eigenvalue weighted by Gasteiger charge is -2.25. The molecule has 0 aromatic heterocycles. The standard InChI is InChI=1S/C92H120O24/c1-13-17-21-25-29-33-105-85-73-41-69(57-113-89(101)61(5)53-109-81(97)37-65(9)93)42-74(85)50-76-44-71(59-115-91(103)63(7)55-111-83(99)39-67(11)95)46-78(87(76)107-35-31-27-23-19-15-3)52-80-48-72(60-116-92(104)64(8)56-112-84(100)40-68(12)96)47-79(88(80)108-36-32-28-24-20-16-4)51-77-45-70(43-75(49-73)86(77)106-34-30-26-22-18-14-2)58-114-90(102)62(6)54-110-82(98)38-66(10)94/h41-48H,5-8,13-40,49-60H2,1-4,9-12H3. The molecule has 24 nitrogen and oxygen atoms in total. The maximum Gasteiger partial charge on any atom is 0.337 e. The summed E-state index contributed by atoms with van der Waals surface area (Å²) in [6.45, 7) is 26.4. The number of esters is 8. The summed E-state index contributed by atoms with van der Waals surface area (Å²) in [4.78, 5) is 153. The zero-order valence-corrected chi connectivity index (χ0v) is 69.5. The van der Waals surface area contributed by atoms with E-state index in [1.807, 2.05) is 48.5 Å². The quantitative estimate of drug-likeness (QED) is 0.0115. The van der Waals surface area contributed by atoms with Gasteiger partial charge in [0.15, 0.2) is 0 Å². The predicted octanol–water partition coefficient (Wildman–Crippen LogP) is 16.2. The molecule has 4 aromatic rings. The fraction of sp³-hybridized carbons (Fsp3) is 0.522. The van der Waals surface area contributed by atoms with Crippen molar-refractivity contribution < 1.29 is 114 Å². The third kappa shape index (κ3) is 36.1. The van der Waals surface area contributed by atoms with Crippen molar-refractivity contribution in [1.29, 1.82) is 0 Å². The smallest absolute Gasteiger partial charge is 0.337 e. The van der Waals surface area contributed by atoms with Crippen molar-refractivity contribution in [2.24, 2.45) is 0 Å². The van der Waals surface area contributed by atoms with Gasteiger partial charge in [0.1, 0.15) is 125 Å². The molecule has 632 valence electrons. The van der Waals surface area contributed by atoms with Gasteiger partial charge >= 0.3 is 47.8 Å². The van der Waals surface area contributed by atoms with Crippen LogP contribution < -0.4 is 18.9 Å². The first-order valence-electron chi connectivity index (χ1n) is 40.7. The Morgan fingerprint density at radius 2 is 0.431 bits per heavy atom. The molecule has 0 saturated carbocycles. The molecule has 0 radical (unpaired) electrons. The van der Waals surface area contributed by atoms with Crippen LogP contribution in [0.15, 0.2) is 97.1 Å². The zero-order valence-electron chi connectivity index (χ0n) is 69.5. The van der Waals surface area contributed by atoms with Crippen molar-refractivity contribution in [3.8, 4) is 23.0 Å². The van der Waals surface area contributed by atoms with Crippen molar-refractivity contribution in [3.63, 3.8) is 0 Å². The number of ether oxygens (including phenoxy) is 12. The number of unbranched alkanes of at least 4 members (excludes halogenated alkanes) is 16. The number of hydrogen-bond acceptors (Lipinski definition) is 24. The number of fused-ring (bicyclic) bond motifs is 8. The van der Waals surface area contributed by atoms with Gasteiger partial charge in [-0.05, 0) is 169 Å². The van der Waals surface area contributed by atoms with Gasteiger partial charge in [-0.1, -0.05) is 157 Å². The predicted molar refractivity (Wildman–Crippen MR) is 435 cm³/mol. The van der Waals surface area contributed by atoms with Crippen molar-refractivity contribution in [1.82, 2.24) is 0 Å². The van der Waals surface area contributed by atoms with Crippen LogP contribution >= 0.6 is 0 Å². The van der Waals surface area contributed by atoms with Gasteiger partial charge in [-0.2, -0.15) is 0 Å². The molecular formula is C92H120O24. The van der Waals surface area contributed by atoms with E-state index < -0.39 is 123 Å². The molecule has 1 aliphatic rings. The average molecular weight is 1610 g/mol. The number of carbonyl (C=O) groups is 12. The number of Topliss-reactive ketones (excluding diaryl/α,β-unsaturated/α-hetero) is 4. The Balaban J connectivity index is 1.99. The van der Waals surface area contributed by atoms with Crippen molar-refractivity contribution in [2.75, 3.05) is 52.9 Å². The van der Waals surface area contributed by atoms with E-state index in [1.54, 1.807) is 0 Å². The molecule has 0 aliphatic heterocycles. The maximum atomic E-state index is 14.0. The molecule has 0 amide bonds. The number of rotatable bonds is 56. The minimum Gasteiger partial charge on any atom is -0.493 e. The molecule has 116 heavy (non-hydrogen) atoms. The zero-order chi connectivity index (χ0) is 84.9. The highest BCUT2D eigenvalue weighted by Crippen LogP contribution is 2.42. The van der Waals surface area contributed by atoms with Gasteiger partial charge in [0.25, 0.3) is 0 Å². The van der Waals surface area contributed by atoms with Gasteiger partial charge in [-0.25, -0.2) is 19.2 Å². The number of benzene rings is 4. The summed E-state index contributed by atoms with van der Waals surface area (Å²) in [5.74, 6) is -6.77. The van der Waals surface area contributed by atoms with Gasteiger partial charge in [-0.3, -0.25) is 38.4 Å². The second-order valence-electron chi connectivity index (χ2n) is 29.6. The van der Waals surface area contributed by atoms with E-state index in [4.69, 9.17) is 56.8 Å². The van der Waals surface area contributed by atoms with Crippen LogP contribution in [0.3, 0.4) is 0 Å². The van der Waals surface area contributed by atoms with Crippen LogP contribution in [-0.4, -0.2) is 124 Å². The monoisotopic (exact) mass is 1610 g/mol. The SMILES string of the molecule is C=C(COC(=O)CC(C)=O)C(=O)OCc1cc2c(OCCCCCCC)c(c1)Cc1cc(COC(=O)C(=C)COC(=O)CC(C)=O)cc(c1OCCCCCCC)Cc1cc(COC(=O)C(=C)COC(=O)CC(C)=O)cc(c1OCCCCCCC)Cc1cc(COC(=O)C(=C)COC(=O)CC(C)=O)cc(c1OCCCCCCC)C2. The highest BCUT2D eigenvalue weighted by molar-refractivity contribution is 5.97. The van der Waals surface area contributed by atoms with Gasteiger partial charge in [0, 0.05) is 25.7 Å². The lowest BCUT2D eigenvalue weighted by molar-refractivity contribution is -0.148. The van der Waals surface area contributed by atoms with Crippen LogP contribution in [0.25, 0.3) is 0 Å². The first-order valence-corrected chi connectivity index (χ1v) is 40.7. The van der Waals surface area contributed by atoms with E-state index in [-0.39, 0.29) is 101 Å². The second-order valence-corrected chi connectivity index (χ2v) is 29.6. The number of carbonyl (C=O) groups excluding carboxylic acids is 12. The van der Waals surface area contributed by atoms with E-state index in [2.05, 4.69) is 54.0 Å². The molecule has 0 atom stereocenters. The van der Waals surface area contributed by atoms with Crippen molar-refractivity contribution in [2.45, 2.75) is 262 Å². The molecule has 0 fully saturated rings. The van der Waals surface area contributed by atoms with Gasteiger partial charge < -0.3 is 56.8 Å². The topological polar surface area (TPSA) is 316 Å². The summed E-state index contributed by atoms with van der Waals surface area (Å²) >= 11 is 0. The Morgan fingerprint density at radius 3 is 0.595 bits per heavy atom. The van der Waals surface area contributed by atoms with Crippen molar-refractivity contribution in [3.05, 3.63) is 164 Å². The lowest BCUT2D eigenvalue weighted by atomic mass is 9.88. The normalized spacial score (nSPS) is 11.4. The summed E-state index contributed by atoms with van der Waals surface area (Å²) in [7, 11) is 0. The highest BCUT2D eigenvalue weighted by atomic mass is 16.6. The third-order valence-electron chi connectivity index (χ3n) is 18.5. The Bertz CT molecular complexity index is 3480. The van der Waals surface area contributed by atoms with Gasteiger partial charge in [0.05, 0.1) is 48.7 Å². The fourth-order valence-electron chi connectivity index (χ4n) is 12.7. The van der Waals surface area contributed by atoms with Gasteiger partial charge in [0.2, 0.25) is 0 Å². The Hall–Kier alpha value is -10.5. The first-order chi connectivity index (χ1) is 55.6. The molecule has 8 bridgehead atoms. The van der Waals surface area contributed by atoms with Crippen LogP contribution in [0, 0.1) is 0 Å². The second kappa shape index (κ2) is 52.9.